The molecule has 1 aromatic heterocycles. The molecule has 9 heteroatoms. The molecule has 0 saturated heterocycles. The van der Waals surface area contributed by atoms with Crippen LogP contribution in [0, 0.1) is 6.92 Å². The van der Waals surface area contributed by atoms with Gasteiger partial charge in [0.15, 0.2) is 11.5 Å². The second-order valence-corrected chi connectivity index (χ2v) is 7.12. The van der Waals surface area contributed by atoms with Crippen LogP contribution in [0.4, 0.5) is 5.69 Å². The van der Waals surface area contributed by atoms with E-state index in [-0.39, 0.29) is 31.8 Å². The number of aromatic nitrogens is 1. The minimum Gasteiger partial charge on any atom is -0.465 e. The molecular weight excluding hydrogens is 412 g/mol. The van der Waals surface area contributed by atoms with E-state index in [0.717, 1.165) is 27.8 Å². The number of hydrogen-bond donors (Lipinski definition) is 2. The number of nitrogens with zero attached hydrogens (tertiary/aromatic N) is 2. The van der Waals surface area contributed by atoms with E-state index >= 15 is 0 Å². The van der Waals surface area contributed by atoms with Gasteiger partial charge < -0.3 is 24.1 Å². The number of fused-ring (bicyclic) bond motifs is 2. The highest BCUT2D eigenvalue weighted by Gasteiger charge is 2.16. The summed E-state index contributed by atoms with van der Waals surface area (Å²) in [5, 5.41) is 8.07. The Morgan fingerprint density at radius 2 is 2.00 bits per heavy atom. The molecule has 3 aromatic rings. The number of anilines is 1. The molecule has 1 amide bonds. The highest BCUT2D eigenvalue weighted by Crippen LogP contribution is 2.34. The lowest BCUT2D eigenvalue weighted by Crippen LogP contribution is -2.25. The number of hydrazone groups is 1. The standard InChI is InChI=1S/C23H24N4O5/c1-3-30-23(29)13-27-15(2)18(17-6-4-5-7-19(17)27)11-25-26-22(28)12-24-16-8-9-20-21(10-16)32-14-31-20/h4-11,24H,3,12-14H2,1-2H3,(H,26,28)/b25-11-. The first-order chi connectivity index (χ1) is 15.6. The topological polar surface area (TPSA) is 103 Å². The van der Waals surface area contributed by atoms with Gasteiger partial charge in [-0.05, 0) is 32.0 Å². The molecule has 2 aromatic carbocycles. The summed E-state index contributed by atoms with van der Waals surface area (Å²) >= 11 is 0. The second-order valence-electron chi connectivity index (χ2n) is 7.12. The average Bonchev–Trinajstić information content (AvgIpc) is 3.36. The van der Waals surface area contributed by atoms with E-state index in [1.54, 1.807) is 25.3 Å². The molecule has 0 saturated carbocycles. The number of hydrogen-bond acceptors (Lipinski definition) is 7. The summed E-state index contributed by atoms with van der Waals surface area (Å²) in [7, 11) is 0. The Morgan fingerprint density at radius 1 is 1.19 bits per heavy atom. The lowest BCUT2D eigenvalue weighted by Gasteiger charge is -2.07. The van der Waals surface area contributed by atoms with Crippen molar-refractivity contribution in [3.63, 3.8) is 0 Å². The third-order valence-electron chi connectivity index (χ3n) is 5.08. The molecule has 1 aliphatic rings. The fraction of sp³-hybridized carbons (Fsp3) is 0.261. The first kappa shape index (κ1) is 21.2. The van der Waals surface area contributed by atoms with Gasteiger partial charge in [-0.3, -0.25) is 9.59 Å². The molecule has 166 valence electrons. The summed E-state index contributed by atoms with van der Waals surface area (Å²) in [4.78, 5) is 24.2. The Balaban J connectivity index is 1.41. The van der Waals surface area contributed by atoms with Gasteiger partial charge in [-0.25, -0.2) is 5.43 Å². The molecule has 2 N–H and O–H groups in total. The molecule has 0 spiro atoms. The van der Waals surface area contributed by atoms with E-state index in [1.807, 2.05) is 41.8 Å². The van der Waals surface area contributed by atoms with Gasteiger partial charge in [0.25, 0.3) is 5.91 Å². The molecule has 2 heterocycles. The minimum atomic E-state index is -0.303. The number of rotatable bonds is 8. The van der Waals surface area contributed by atoms with Gasteiger partial charge >= 0.3 is 5.97 Å². The van der Waals surface area contributed by atoms with Crippen molar-refractivity contribution >= 4 is 34.7 Å². The highest BCUT2D eigenvalue weighted by molar-refractivity contribution is 6.01. The summed E-state index contributed by atoms with van der Waals surface area (Å²) in [5.74, 6) is 0.722. The van der Waals surface area contributed by atoms with E-state index in [0.29, 0.717) is 18.1 Å². The number of esters is 1. The summed E-state index contributed by atoms with van der Waals surface area (Å²) in [5.41, 5.74) is 5.85. The monoisotopic (exact) mass is 436 g/mol. The highest BCUT2D eigenvalue weighted by atomic mass is 16.7. The van der Waals surface area contributed by atoms with Crippen molar-refractivity contribution in [1.29, 1.82) is 0 Å². The summed E-state index contributed by atoms with van der Waals surface area (Å²) in [6.07, 6.45) is 1.60. The van der Waals surface area contributed by atoms with Crippen LogP contribution < -0.4 is 20.2 Å². The summed E-state index contributed by atoms with van der Waals surface area (Å²) in [6, 6.07) is 13.1. The predicted molar refractivity (Wildman–Crippen MR) is 120 cm³/mol. The van der Waals surface area contributed by atoms with Crippen LogP contribution in [0.2, 0.25) is 0 Å². The Hall–Kier alpha value is -4.01. The van der Waals surface area contributed by atoms with Gasteiger partial charge in [-0.2, -0.15) is 5.10 Å². The first-order valence-electron chi connectivity index (χ1n) is 10.3. The molecule has 0 aliphatic carbocycles. The number of nitrogens with one attached hydrogen (secondary N) is 2. The van der Waals surface area contributed by atoms with Gasteiger partial charge in [0.2, 0.25) is 6.79 Å². The summed E-state index contributed by atoms with van der Waals surface area (Å²) < 4.78 is 17.6. The maximum atomic E-state index is 12.2. The van der Waals surface area contributed by atoms with Crippen LogP contribution in [0.1, 0.15) is 18.2 Å². The van der Waals surface area contributed by atoms with Crippen molar-refractivity contribution in [1.82, 2.24) is 9.99 Å². The van der Waals surface area contributed by atoms with Gasteiger partial charge in [-0.15, -0.1) is 0 Å². The molecule has 4 rings (SSSR count). The molecule has 1 aliphatic heterocycles. The lowest BCUT2D eigenvalue weighted by atomic mass is 10.1. The molecule has 0 radical (unpaired) electrons. The zero-order valence-electron chi connectivity index (χ0n) is 17.9. The smallest absolute Gasteiger partial charge is 0.325 e. The Labute approximate surface area is 184 Å². The van der Waals surface area contributed by atoms with Crippen LogP contribution in [0.25, 0.3) is 10.9 Å². The van der Waals surface area contributed by atoms with Crippen LogP contribution in [0.3, 0.4) is 0 Å². The number of ether oxygens (including phenoxy) is 3. The second kappa shape index (κ2) is 9.42. The third-order valence-corrected chi connectivity index (χ3v) is 5.08. The molecule has 0 atom stereocenters. The zero-order valence-corrected chi connectivity index (χ0v) is 17.9. The number of carbonyl (C=O) groups excluding carboxylic acids is 2. The van der Waals surface area contributed by atoms with E-state index in [9.17, 15) is 9.59 Å². The normalized spacial score (nSPS) is 12.3. The number of amides is 1. The Morgan fingerprint density at radius 3 is 2.84 bits per heavy atom. The summed E-state index contributed by atoms with van der Waals surface area (Å²) in [6.45, 7) is 4.37. The van der Waals surface area contributed by atoms with Crippen molar-refractivity contribution in [3.8, 4) is 11.5 Å². The van der Waals surface area contributed by atoms with Crippen LogP contribution in [0.15, 0.2) is 47.6 Å². The maximum absolute atomic E-state index is 12.2. The average molecular weight is 436 g/mol. The Kier molecular flexibility index (Phi) is 6.25. The molecule has 0 unspecified atom stereocenters. The van der Waals surface area contributed by atoms with Crippen molar-refractivity contribution in [2.24, 2.45) is 5.10 Å². The lowest BCUT2D eigenvalue weighted by molar-refractivity contribution is -0.143. The maximum Gasteiger partial charge on any atom is 0.325 e. The third kappa shape index (κ3) is 4.51. The van der Waals surface area contributed by atoms with E-state index in [4.69, 9.17) is 14.2 Å². The predicted octanol–water partition coefficient (Wildman–Crippen LogP) is 2.80. The van der Waals surface area contributed by atoms with E-state index in [1.165, 1.54) is 0 Å². The Bertz CT molecular complexity index is 1180. The van der Waals surface area contributed by atoms with E-state index in [2.05, 4.69) is 15.8 Å². The molecular formula is C23H24N4O5. The van der Waals surface area contributed by atoms with Crippen molar-refractivity contribution in [3.05, 3.63) is 53.7 Å². The van der Waals surface area contributed by atoms with Crippen LogP contribution >= 0.6 is 0 Å². The van der Waals surface area contributed by atoms with Crippen molar-refractivity contribution in [2.45, 2.75) is 20.4 Å². The van der Waals surface area contributed by atoms with Gasteiger partial charge in [0.05, 0.1) is 19.4 Å². The SMILES string of the molecule is CCOC(=O)Cn1c(C)c(/C=N\NC(=O)CNc2ccc3c(c2)OCO3)c2ccccc21. The molecule has 0 fully saturated rings. The zero-order chi connectivity index (χ0) is 22.5. The molecule has 9 nitrogen and oxygen atoms in total. The van der Waals surface area contributed by atoms with Crippen molar-refractivity contribution in [2.75, 3.05) is 25.3 Å². The van der Waals surface area contributed by atoms with Gasteiger partial charge in [0, 0.05) is 33.9 Å². The number of benzene rings is 2. The number of carbonyl (C=O) groups is 2. The largest absolute Gasteiger partial charge is 0.465 e. The minimum absolute atomic E-state index is 0.0422. The fourth-order valence-electron chi connectivity index (χ4n) is 3.56. The van der Waals surface area contributed by atoms with Crippen LogP contribution in [-0.4, -0.2) is 42.6 Å². The molecule has 32 heavy (non-hydrogen) atoms. The first-order valence-corrected chi connectivity index (χ1v) is 10.3. The molecule has 0 bridgehead atoms. The van der Waals surface area contributed by atoms with Crippen molar-refractivity contribution < 1.29 is 23.8 Å². The van der Waals surface area contributed by atoms with E-state index < -0.39 is 0 Å². The van der Waals surface area contributed by atoms with Crippen LogP contribution in [0.5, 0.6) is 11.5 Å². The van der Waals surface area contributed by atoms with Gasteiger partial charge in [0.1, 0.15) is 6.54 Å². The quantitative estimate of drug-likeness (QED) is 0.320. The van der Waals surface area contributed by atoms with Crippen LogP contribution in [-0.2, 0) is 20.9 Å². The number of para-hydroxylation sites is 1. The van der Waals surface area contributed by atoms with Gasteiger partial charge in [-0.1, -0.05) is 18.2 Å². The fourth-order valence-corrected chi connectivity index (χ4v) is 3.56.